The Morgan fingerprint density at radius 2 is 2.04 bits per heavy atom. The lowest BCUT2D eigenvalue weighted by Gasteiger charge is -2.38. The molecule has 0 radical (unpaired) electrons. The van der Waals surface area contributed by atoms with E-state index in [1.807, 2.05) is 24.3 Å². The van der Waals surface area contributed by atoms with Crippen molar-refractivity contribution in [1.82, 2.24) is 20.3 Å². The first-order chi connectivity index (χ1) is 11.6. The van der Waals surface area contributed by atoms with Gasteiger partial charge in [0, 0.05) is 24.2 Å². The topological polar surface area (TPSA) is 95.1 Å². The Balaban J connectivity index is 1.83. The van der Waals surface area contributed by atoms with Gasteiger partial charge in [0.1, 0.15) is 0 Å². The Morgan fingerprint density at radius 3 is 2.71 bits per heavy atom. The van der Waals surface area contributed by atoms with Gasteiger partial charge in [-0.15, -0.1) is 5.10 Å². The lowest BCUT2D eigenvalue weighted by atomic mass is 9.82. The number of rotatable bonds is 5. The van der Waals surface area contributed by atoms with Crippen LogP contribution in [0, 0.1) is 0 Å². The van der Waals surface area contributed by atoms with E-state index in [1.165, 1.54) is 0 Å². The van der Waals surface area contributed by atoms with Crippen molar-refractivity contribution in [3.63, 3.8) is 0 Å². The number of hydrogen-bond donors (Lipinski definition) is 2. The summed E-state index contributed by atoms with van der Waals surface area (Å²) in [4.78, 5) is 12.7. The van der Waals surface area contributed by atoms with Crippen LogP contribution in [0.25, 0.3) is 0 Å². The van der Waals surface area contributed by atoms with E-state index in [-0.39, 0.29) is 5.91 Å². The van der Waals surface area contributed by atoms with Gasteiger partial charge >= 0.3 is 0 Å². The fourth-order valence-corrected chi connectivity index (χ4v) is 3.16. The predicted octanol–water partition coefficient (Wildman–Crippen LogP) is 1.43. The molecule has 8 heteroatoms. The standard InChI is InChI=1S/C16H20BrN5O2/c17-13-3-1-12(2-4-13)16(5-9-24-10-6-16)19-15(23)14-11-22(8-7-18)21-20-14/h1-4,11H,5-10,18H2,(H,19,23). The summed E-state index contributed by atoms with van der Waals surface area (Å²) in [7, 11) is 0. The van der Waals surface area contributed by atoms with E-state index in [0.717, 1.165) is 22.9 Å². The van der Waals surface area contributed by atoms with Crippen molar-refractivity contribution >= 4 is 21.8 Å². The molecule has 1 aliphatic heterocycles. The Kier molecular flexibility index (Phi) is 5.27. The summed E-state index contributed by atoms with van der Waals surface area (Å²) in [6.07, 6.45) is 3.06. The van der Waals surface area contributed by atoms with Gasteiger partial charge in [-0.1, -0.05) is 33.3 Å². The number of aromatic nitrogens is 3. The van der Waals surface area contributed by atoms with Crippen LogP contribution in [0.4, 0.5) is 0 Å². The number of nitrogens with two attached hydrogens (primary N) is 1. The molecule has 0 aliphatic carbocycles. The zero-order valence-electron chi connectivity index (χ0n) is 13.2. The van der Waals surface area contributed by atoms with Crippen LogP contribution in [-0.2, 0) is 16.8 Å². The third-order valence-corrected chi connectivity index (χ3v) is 4.75. The van der Waals surface area contributed by atoms with Crippen LogP contribution in [0.15, 0.2) is 34.9 Å². The van der Waals surface area contributed by atoms with Gasteiger partial charge in [-0.2, -0.15) is 0 Å². The number of carbonyl (C=O) groups excluding carboxylic acids is 1. The second-order valence-electron chi connectivity index (χ2n) is 5.81. The molecule has 7 nitrogen and oxygen atoms in total. The molecule has 0 atom stereocenters. The summed E-state index contributed by atoms with van der Waals surface area (Å²) in [5, 5.41) is 11.0. The van der Waals surface area contributed by atoms with Crippen molar-refractivity contribution in [2.45, 2.75) is 24.9 Å². The van der Waals surface area contributed by atoms with Gasteiger partial charge in [-0.25, -0.2) is 0 Å². The van der Waals surface area contributed by atoms with E-state index in [0.29, 0.717) is 32.0 Å². The number of ether oxygens (including phenoxy) is 1. The number of carbonyl (C=O) groups is 1. The summed E-state index contributed by atoms with van der Waals surface area (Å²) in [5.41, 5.74) is 6.41. The van der Waals surface area contributed by atoms with Crippen LogP contribution < -0.4 is 11.1 Å². The third-order valence-electron chi connectivity index (χ3n) is 4.23. The average Bonchev–Trinajstić information content (AvgIpc) is 3.05. The van der Waals surface area contributed by atoms with Crippen LogP contribution in [0.5, 0.6) is 0 Å². The van der Waals surface area contributed by atoms with E-state index in [4.69, 9.17) is 10.5 Å². The maximum absolute atomic E-state index is 12.7. The van der Waals surface area contributed by atoms with Gasteiger partial charge in [-0.05, 0) is 30.5 Å². The van der Waals surface area contributed by atoms with Crippen molar-refractivity contribution < 1.29 is 9.53 Å². The third kappa shape index (κ3) is 3.66. The molecule has 0 bridgehead atoms. The second-order valence-corrected chi connectivity index (χ2v) is 6.73. The minimum atomic E-state index is -0.451. The first-order valence-electron chi connectivity index (χ1n) is 7.89. The van der Waals surface area contributed by atoms with Crippen LogP contribution in [-0.4, -0.2) is 40.7 Å². The molecular weight excluding hydrogens is 374 g/mol. The van der Waals surface area contributed by atoms with E-state index in [9.17, 15) is 4.79 Å². The first-order valence-corrected chi connectivity index (χ1v) is 8.69. The quantitative estimate of drug-likeness (QED) is 0.800. The number of benzene rings is 1. The molecule has 1 amide bonds. The number of nitrogens with one attached hydrogen (secondary N) is 1. The molecule has 1 saturated heterocycles. The molecule has 1 aromatic carbocycles. The Morgan fingerprint density at radius 1 is 1.33 bits per heavy atom. The SMILES string of the molecule is NCCn1cc(C(=O)NC2(c3ccc(Br)cc3)CCOCC2)nn1. The number of amides is 1. The number of hydrogen-bond acceptors (Lipinski definition) is 5. The summed E-state index contributed by atoms with van der Waals surface area (Å²) >= 11 is 3.45. The molecule has 1 fully saturated rings. The Labute approximate surface area is 148 Å². The highest BCUT2D eigenvalue weighted by Gasteiger charge is 2.36. The summed E-state index contributed by atoms with van der Waals surface area (Å²) in [6, 6.07) is 8.02. The van der Waals surface area contributed by atoms with Gasteiger partial charge in [0.25, 0.3) is 5.91 Å². The fourth-order valence-electron chi connectivity index (χ4n) is 2.90. The van der Waals surface area contributed by atoms with Crippen molar-refractivity contribution in [2.24, 2.45) is 5.73 Å². The maximum atomic E-state index is 12.7. The second kappa shape index (κ2) is 7.42. The summed E-state index contributed by atoms with van der Waals surface area (Å²) in [6.45, 7) is 2.20. The van der Waals surface area contributed by atoms with Crippen LogP contribution in [0.3, 0.4) is 0 Å². The molecule has 128 valence electrons. The monoisotopic (exact) mass is 393 g/mol. The zero-order valence-corrected chi connectivity index (χ0v) is 14.8. The average molecular weight is 394 g/mol. The Bertz CT molecular complexity index is 695. The molecule has 2 heterocycles. The summed E-state index contributed by atoms with van der Waals surface area (Å²) < 4.78 is 8.07. The van der Waals surface area contributed by atoms with Crippen molar-refractivity contribution in [3.05, 3.63) is 46.2 Å². The molecule has 3 rings (SSSR count). The van der Waals surface area contributed by atoms with Gasteiger partial charge in [0.05, 0.1) is 18.3 Å². The van der Waals surface area contributed by atoms with Crippen LogP contribution in [0.1, 0.15) is 28.9 Å². The van der Waals surface area contributed by atoms with Crippen LogP contribution in [0.2, 0.25) is 0 Å². The van der Waals surface area contributed by atoms with E-state index >= 15 is 0 Å². The number of halogens is 1. The predicted molar refractivity (Wildman–Crippen MR) is 92.4 cm³/mol. The first kappa shape index (κ1) is 17.1. The normalized spacial score (nSPS) is 16.8. The van der Waals surface area contributed by atoms with Gasteiger partial charge in [0.15, 0.2) is 5.69 Å². The van der Waals surface area contributed by atoms with Crippen LogP contribution >= 0.6 is 15.9 Å². The van der Waals surface area contributed by atoms with Crippen molar-refractivity contribution in [3.8, 4) is 0 Å². The molecule has 1 aliphatic rings. The lowest BCUT2D eigenvalue weighted by Crippen LogP contribution is -2.49. The molecule has 0 unspecified atom stereocenters. The highest BCUT2D eigenvalue weighted by atomic mass is 79.9. The minimum absolute atomic E-state index is 0.233. The fraction of sp³-hybridized carbons (Fsp3) is 0.438. The highest BCUT2D eigenvalue weighted by Crippen LogP contribution is 2.33. The van der Waals surface area contributed by atoms with Gasteiger partial charge in [0.2, 0.25) is 0 Å². The van der Waals surface area contributed by atoms with Crippen molar-refractivity contribution in [2.75, 3.05) is 19.8 Å². The maximum Gasteiger partial charge on any atom is 0.274 e. The van der Waals surface area contributed by atoms with Gasteiger partial charge < -0.3 is 15.8 Å². The smallest absolute Gasteiger partial charge is 0.274 e. The molecule has 2 aromatic rings. The highest BCUT2D eigenvalue weighted by molar-refractivity contribution is 9.10. The van der Waals surface area contributed by atoms with Gasteiger partial charge in [-0.3, -0.25) is 9.48 Å². The van der Waals surface area contributed by atoms with E-state index < -0.39 is 5.54 Å². The largest absolute Gasteiger partial charge is 0.381 e. The molecule has 0 spiro atoms. The molecule has 24 heavy (non-hydrogen) atoms. The molecule has 1 aromatic heterocycles. The molecule has 3 N–H and O–H groups in total. The Hall–Kier alpha value is -1.77. The lowest BCUT2D eigenvalue weighted by molar-refractivity contribution is 0.0344. The number of nitrogens with zero attached hydrogens (tertiary/aromatic N) is 3. The van der Waals surface area contributed by atoms with E-state index in [1.54, 1.807) is 10.9 Å². The minimum Gasteiger partial charge on any atom is -0.381 e. The zero-order chi connectivity index (χ0) is 17.0. The summed E-state index contributed by atoms with van der Waals surface area (Å²) in [5.74, 6) is -0.233. The molecule has 0 saturated carbocycles. The molecular formula is C16H20BrN5O2. The van der Waals surface area contributed by atoms with Crippen molar-refractivity contribution in [1.29, 1.82) is 0 Å². The van der Waals surface area contributed by atoms with E-state index in [2.05, 4.69) is 31.6 Å².